The normalized spacial score (nSPS) is 12.0. The average molecular weight is 354 g/mol. The Morgan fingerprint density at radius 2 is 1.54 bits per heavy atom. The minimum absolute atomic E-state index is 0.0139. The highest BCUT2D eigenvalue weighted by Gasteiger charge is 2.35. The maximum absolute atomic E-state index is 13.0. The molecule has 1 heterocycles. The van der Waals surface area contributed by atoms with Crippen LogP contribution in [0.5, 0.6) is 23.0 Å². The first-order valence-corrected chi connectivity index (χ1v) is 7.69. The molecular formula is C19H14O7. The van der Waals surface area contributed by atoms with Crippen molar-refractivity contribution in [1.82, 2.24) is 0 Å². The van der Waals surface area contributed by atoms with E-state index in [-0.39, 0.29) is 33.6 Å². The van der Waals surface area contributed by atoms with Crippen molar-refractivity contribution in [1.29, 1.82) is 0 Å². The Kier molecular flexibility index (Phi) is 3.40. The number of rotatable bonds is 3. The number of ketones is 1. The van der Waals surface area contributed by atoms with Crippen LogP contribution in [-0.2, 0) is 0 Å². The maximum atomic E-state index is 13.0. The van der Waals surface area contributed by atoms with Gasteiger partial charge in [0.2, 0.25) is 11.2 Å². The molecule has 0 fully saturated rings. The Morgan fingerprint density at radius 3 is 2.15 bits per heavy atom. The minimum Gasteiger partial charge on any atom is -0.507 e. The fourth-order valence-corrected chi connectivity index (χ4v) is 3.19. The van der Waals surface area contributed by atoms with Gasteiger partial charge in [-0.25, -0.2) is 0 Å². The SMILES string of the molecule is COc1cc(O)c2c(=O)c3c(oc2c1)C(=O)c1cc(OC)c(OC)cc1-3. The molecule has 7 heteroatoms. The summed E-state index contributed by atoms with van der Waals surface area (Å²) in [6, 6.07) is 5.84. The molecule has 0 saturated carbocycles. The molecule has 26 heavy (non-hydrogen) atoms. The maximum Gasteiger partial charge on any atom is 0.229 e. The highest BCUT2D eigenvalue weighted by atomic mass is 16.5. The van der Waals surface area contributed by atoms with E-state index in [0.29, 0.717) is 22.8 Å². The highest BCUT2D eigenvalue weighted by molar-refractivity contribution is 6.21. The molecule has 0 unspecified atom stereocenters. The molecule has 0 radical (unpaired) electrons. The van der Waals surface area contributed by atoms with E-state index in [9.17, 15) is 14.7 Å². The van der Waals surface area contributed by atoms with Crippen LogP contribution in [0, 0.1) is 0 Å². The fourth-order valence-electron chi connectivity index (χ4n) is 3.19. The van der Waals surface area contributed by atoms with Gasteiger partial charge in [0.25, 0.3) is 0 Å². The summed E-state index contributed by atoms with van der Waals surface area (Å²) in [4.78, 5) is 25.8. The Hall–Kier alpha value is -3.48. The van der Waals surface area contributed by atoms with Gasteiger partial charge in [-0.3, -0.25) is 9.59 Å². The number of ether oxygens (including phenoxy) is 3. The molecular weight excluding hydrogens is 340 g/mol. The monoisotopic (exact) mass is 354 g/mol. The van der Waals surface area contributed by atoms with E-state index in [0.717, 1.165) is 0 Å². The zero-order chi connectivity index (χ0) is 18.6. The van der Waals surface area contributed by atoms with Crippen LogP contribution in [0.4, 0.5) is 0 Å². The van der Waals surface area contributed by atoms with E-state index in [1.54, 1.807) is 6.07 Å². The van der Waals surface area contributed by atoms with Crippen LogP contribution in [0.1, 0.15) is 16.1 Å². The van der Waals surface area contributed by atoms with Crippen LogP contribution in [0.2, 0.25) is 0 Å². The molecule has 0 aliphatic heterocycles. The first-order chi connectivity index (χ1) is 12.5. The van der Waals surface area contributed by atoms with Gasteiger partial charge in [0, 0.05) is 23.3 Å². The van der Waals surface area contributed by atoms with Gasteiger partial charge < -0.3 is 23.7 Å². The Labute approximate surface area is 147 Å². The highest BCUT2D eigenvalue weighted by Crippen LogP contribution is 2.43. The van der Waals surface area contributed by atoms with Gasteiger partial charge in [-0.15, -0.1) is 0 Å². The summed E-state index contributed by atoms with van der Waals surface area (Å²) in [6.07, 6.45) is 0. The fraction of sp³-hybridized carbons (Fsp3) is 0.158. The third-order valence-corrected chi connectivity index (χ3v) is 4.43. The minimum atomic E-state index is -0.499. The summed E-state index contributed by atoms with van der Waals surface area (Å²) >= 11 is 0. The summed E-state index contributed by atoms with van der Waals surface area (Å²) in [5, 5.41) is 10.2. The molecule has 0 atom stereocenters. The lowest BCUT2D eigenvalue weighted by Crippen LogP contribution is -2.07. The van der Waals surface area contributed by atoms with Crippen LogP contribution >= 0.6 is 0 Å². The van der Waals surface area contributed by atoms with Gasteiger partial charge in [-0.05, 0) is 12.1 Å². The zero-order valence-corrected chi connectivity index (χ0v) is 14.2. The van der Waals surface area contributed by atoms with E-state index in [1.165, 1.54) is 39.5 Å². The topological polar surface area (TPSA) is 95.2 Å². The molecule has 3 aromatic rings. The van der Waals surface area contributed by atoms with Gasteiger partial charge in [-0.1, -0.05) is 0 Å². The molecule has 0 amide bonds. The molecule has 132 valence electrons. The third-order valence-electron chi connectivity index (χ3n) is 4.43. The average Bonchev–Trinajstić information content (AvgIpc) is 2.91. The van der Waals surface area contributed by atoms with Gasteiger partial charge in [0.1, 0.15) is 22.5 Å². The number of hydrogen-bond donors (Lipinski definition) is 1. The predicted octanol–water partition coefficient (Wildman–Crippen LogP) is 2.74. The number of benzene rings is 2. The zero-order valence-electron chi connectivity index (χ0n) is 14.2. The second kappa shape index (κ2) is 5.52. The van der Waals surface area contributed by atoms with Crippen molar-refractivity contribution in [3.8, 4) is 34.1 Å². The van der Waals surface area contributed by atoms with Crippen LogP contribution in [-0.4, -0.2) is 32.2 Å². The molecule has 0 bridgehead atoms. The van der Waals surface area contributed by atoms with Crippen molar-refractivity contribution in [3.63, 3.8) is 0 Å². The van der Waals surface area contributed by atoms with Crippen LogP contribution < -0.4 is 19.6 Å². The molecule has 4 rings (SSSR count). The third kappa shape index (κ3) is 2.00. The van der Waals surface area contributed by atoms with Crippen LogP contribution in [0.3, 0.4) is 0 Å². The van der Waals surface area contributed by atoms with Crippen molar-refractivity contribution in [2.75, 3.05) is 21.3 Å². The number of phenolic OH excluding ortho intramolecular Hbond substituents is 1. The summed E-state index contributed by atoms with van der Waals surface area (Å²) in [7, 11) is 4.34. The van der Waals surface area contributed by atoms with Crippen molar-refractivity contribution in [3.05, 3.63) is 45.8 Å². The quantitative estimate of drug-likeness (QED) is 0.604. The first kappa shape index (κ1) is 16.0. The van der Waals surface area contributed by atoms with Crippen molar-refractivity contribution in [2.24, 2.45) is 0 Å². The van der Waals surface area contributed by atoms with Crippen molar-refractivity contribution in [2.45, 2.75) is 0 Å². The predicted molar refractivity (Wildman–Crippen MR) is 92.7 cm³/mol. The number of carbonyl (C=O) groups excluding carboxylic acids is 1. The lowest BCUT2D eigenvalue weighted by Gasteiger charge is -2.09. The van der Waals surface area contributed by atoms with E-state index in [1.807, 2.05) is 0 Å². The number of fused-ring (bicyclic) bond motifs is 4. The molecule has 1 aliphatic rings. The summed E-state index contributed by atoms with van der Waals surface area (Å²) < 4.78 is 21.2. The van der Waals surface area contributed by atoms with Crippen LogP contribution in [0.15, 0.2) is 33.5 Å². The van der Waals surface area contributed by atoms with E-state index in [2.05, 4.69) is 0 Å². The van der Waals surface area contributed by atoms with Gasteiger partial charge in [-0.2, -0.15) is 0 Å². The van der Waals surface area contributed by atoms with Crippen molar-refractivity contribution < 1.29 is 28.5 Å². The van der Waals surface area contributed by atoms with Crippen LogP contribution in [0.25, 0.3) is 22.1 Å². The van der Waals surface area contributed by atoms with Gasteiger partial charge >= 0.3 is 0 Å². The number of carbonyl (C=O) groups is 1. The molecule has 1 aromatic heterocycles. The molecule has 1 aliphatic carbocycles. The van der Waals surface area contributed by atoms with Crippen molar-refractivity contribution >= 4 is 16.8 Å². The number of hydrogen-bond acceptors (Lipinski definition) is 7. The number of methoxy groups -OCH3 is 3. The Bertz CT molecular complexity index is 1140. The molecule has 7 nitrogen and oxygen atoms in total. The Balaban J connectivity index is 2.10. The number of aromatic hydroxyl groups is 1. The largest absolute Gasteiger partial charge is 0.507 e. The van der Waals surface area contributed by atoms with Gasteiger partial charge in [0.15, 0.2) is 17.3 Å². The molecule has 0 spiro atoms. The second-order valence-corrected chi connectivity index (χ2v) is 5.74. The molecule has 1 N–H and O–H groups in total. The lowest BCUT2D eigenvalue weighted by molar-refractivity contribution is 0.101. The van der Waals surface area contributed by atoms with E-state index >= 15 is 0 Å². The van der Waals surface area contributed by atoms with E-state index < -0.39 is 11.2 Å². The first-order valence-electron chi connectivity index (χ1n) is 7.69. The molecule has 2 aromatic carbocycles. The Morgan fingerprint density at radius 1 is 0.885 bits per heavy atom. The summed E-state index contributed by atoms with van der Waals surface area (Å²) in [6.45, 7) is 0. The second-order valence-electron chi connectivity index (χ2n) is 5.74. The summed E-state index contributed by atoms with van der Waals surface area (Å²) in [5.74, 6) is 0.263. The van der Waals surface area contributed by atoms with E-state index in [4.69, 9.17) is 18.6 Å². The smallest absolute Gasteiger partial charge is 0.229 e. The summed E-state index contributed by atoms with van der Waals surface area (Å²) in [5.41, 5.74) is 0.333. The molecule has 0 saturated heterocycles. The van der Waals surface area contributed by atoms with Gasteiger partial charge in [0.05, 0.1) is 26.9 Å². The lowest BCUT2D eigenvalue weighted by atomic mass is 10.0. The number of phenols is 1. The standard InChI is InChI=1S/C19H14O7/c1-23-8-4-11(20)16-14(5-8)26-19-15(18(16)22)9-6-12(24-2)13(25-3)7-10(9)17(19)21/h4-7,20H,1-3H3.